The molecule has 2 heterocycles. The lowest BCUT2D eigenvalue weighted by atomic mass is 9.96. The van der Waals surface area contributed by atoms with Crippen LogP contribution in [-0.4, -0.2) is 49.1 Å². The maximum absolute atomic E-state index is 13.6. The van der Waals surface area contributed by atoms with Crippen molar-refractivity contribution in [3.05, 3.63) is 29.6 Å². The number of halogens is 1. The second-order valence-electron chi connectivity index (χ2n) is 6.74. The minimum atomic E-state index is -0.331. The molecule has 0 spiro atoms. The summed E-state index contributed by atoms with van der Waals surface area (Å²) in [5.74, 6) is -0.507. The number of anilines is 1. The molecule has 0 bridgehead atoms. The quantitative estimate of drug-likeness (QED) is 0.784. The molecule has 1 saturated heterocycles. The summed E-state index contributed by atoms with van der Waals surface area (Å²) >= 11 is 0. The van der Waals surface area contributed by atoms with Crippen molar-refractivity contribution in [3.8, 4) is 0 Å². The fourth-order valence-electron chi connectivity index (χ4n) is 3.77. The first-order chi connectivity index (χ1) is 12.0. The van der Waals surface area contributed by atoms with Crippen LogP contribution in [0.3, 0.4) is 0 Å². The zero-order valence-corrected chi connectivity index (χ0v) is 14.8. The molecule has 1 aromatic carbocycles. The van der Waals surface area contributed by atoms with Crippen LogP contribution in [0.15, 0.2) is 18.2 Å². The molecule has 2 aliphatic rings. The van der Waals surface area contributed by atoms with E-state index in [9.17, 15) is 14.0 Å². The van der Waals surface area contributed by atoms with E-state index in [4.69, 9.17) is 4.74 Å². The zero-order chi connectivity index (χ0) is 18.0. The lowest BCUT2D eigenvalue weighted by Crippen LogP contribution is -2.50. The number of fused-ring (bicyclic) bond motifs is 1. The van der Waals surface area contributed by atoms with Gasteiger partial charge in [-0.1, -0.05) is 6.07 Å². The fourth-order valence-corrected chi connectivity index (χ4v) is 3.77. The molecule has 2 aliphatic heterocycles. The van der Waals surface area contributed by atoms with Crippen molar-refractivity contribution in [1.29, 1.82) is 0 Å². The van der Waals surface area contributed by atoms with E-state index in [1.54, 1.807) is 13.0 Å². The van der Waals surface area contributed by atoms with Gasteiger partial charge in [0, 0.05) is 25.3 Å². The molecule has 3 rings (SSSR count). The maximum atomic E-state index is 13.6. The summed E-state index contributed by atoms with van der Waals surface area (Å²) in [6.07, 6.45) is 2.11. The lowest BCUT2D eigenvalue weighted by molar-refractivity contribution is -0.151. The third-order valence-electron chi connectivity index (χ3n) is 5.23. The molecule has 0 unspecified atom stereocenters. The molecule has 0 saturated carbocycles. The standard InChI is InChI=1S/C19H25FN2O3/c1-3-25-19(24)15-6-9-21(10-7-15)18(23)13(2)22-11-8-14-4-5-16(20)12-17(14)22/h4-5,12-13,15H,3,6-11H2,1-2H3/t13-/m1/s1. The molecule has 1 atom stereocenters. The van der Waals surface area contributed by atoms with Crippen LogP contribution in [0.5, 0.6) is 0 Å². The van der Waals surface area contributed by atoms with Crippen LogP contribution < -0.4 is 4.90 Å². The number of nitrogens with zero attached hydrogens (tertiary/aromatic N) is 2. The molecule has 0 aliphatic carbocycles. The summed E-state index contributed by atoms with van der Waals surface area (Å²) in [5, 5.41) is 0. The Balaban J connectivity index is 1.61. The van der Waals surface area contributed by atoms with Crippen molar-refractivity contribution < 1.29 is 18.7 Å². The van der Waals surface area contributed by atoms with E-state index in [0.717, 1.165) is 24.2 Å². The van der Waals surface area contributed by atoms with Gasteiger partial charge in [-0.15, -0.1) is 0 Å². The first-order valence-corrected chi connectivity index (χ1v) is 9.01. The summed E-state index contributed by atoms with van der Waals surface area (Å²) in [6.45, 7) is 5.92. The smallest absolute Gasteiger partial charge is 0.309 e. The van der Waals surface area contributed by atoms with Crippen LogP contribution in [-0.2, 0) is 20.7 Å². The van der Waals surface area contributed by atoms with Crippen molar-refractivity contribution in [2.45, 2.75) is 39.2 Å². The summed E-state index contributed by atoms with van der Waals surface area (Å²) in [6, 6.07) is 4.45. The highest BCUT2D eigenvalue weighted by Crippen LogP contribution is 2.31. The van der Waals surface area contributed by atoms with E-state index in [-0.39, 0.29) is 29.7 Å². The van der Waals surface area contributed by atoms with Gasteiger partial charge in [-0.2, -0.15) is 0 Å². The van der Waals surface area contributed by atoms with Crippen LogP contribution in [0.1, 0.15) is 32.3 Å². The van der Waals surface area contributed by atoms with E-state index in [2.05, 4.69) is 0 Å². The summed E-state index contributed by atoms with van der Waals surface area (Å²) < 4.78 is 18.6. The highest BCUT2D eigenvalue weighted by molar-refractivity contribution is 5.86. The van der Waals surface area contributed by atoms with Gasteiger partial charge in [-0.3, -0.25) is 9.59 Å². The molecule has 0 aromatic heterocycles. The Morgan fingerprint density at radius 2 is 2.00 bits per heavy atom. The Morgan fingerprint density at radius 1 is 1.28 bits per heavy atom. The van der Waals surface area contributed by atoms with Crippen LogP contribution in [0, 0.1) is 11.7 Å². The number of amides is 1. The fraction of sp³-hybridized carbons (Fsp3) is 0.579. The third-order valence-corrected chi connectivity index (χ3v) is 5.23. The number of likely N-dealkylation sites (tertiary alicyclic amines) is 1. The summed E-state index contributed by atoms with van der Waals surface area (Å²) in [4.78, 5) is 28.5. The van der Waals surface area contributed by atoms with Crippen molar-refractivity contribution in [1.82, 2.24) is 4.90 Å². The number of carbonyl (C=O) groups excluding carboxylic acids is 2. The van der Waals surface area contributed by atoms with Gasteiger partial charge in [0.15, 0.2) is 0 Å². The molecule has 5 nitrogen and oxygen atoms in total. The van der Waals surface area contributed by atoms with Gasteiger partial charge in [0.05, 0.1) is 12.5 Å². The highest BCUT2D eigenvalue weighted by atomic mass is 19.1. The van der Waals surface area contributed by atoms with Gasteiger partial charge in [0.25, 0.3) is 0 Å². The molecule has 25 heavy (non-hydrogen) atoms. The number of carbonyl (C=O) groups is 2. The molecular weight excluding hydrogens is 323 g/mol. The van der Waals surface area contributed by atoms with Gasteiger partial charge >= 0.3 is 5.97 Å². The molecule has 0 N–H and O–H groups in total. The minimum Gasteiger partial charge on any atom is -0.466 e. The third kappa shape index (κ3) is 3.62. The number of benzene rings is 1. The predicted molar refractivity (Wildman–Crippen MR) is 92.8 cm³/mol. The van der Waals surface area contributed by atoms with E-state index >= 15 is 0 Å². The Labute approximate surface area is 147 Å². The average Bonchev–Trinajstić information content (AvgIpc) is 3.03. The molecule has 0 radical (unpaired) electrons. The SMILES string of the molecule is CCOC(=O)C1CCN(C(=O)[C@@H](C)N2CCc3ccc(F)cc32)CC1. The van der Waals surface area contributed by atoms with Crippen LogP contribution in [0.2, 0.25) is 0 Å². The van der Waals surface area contributed by atoms with Crippen molar-refractivity contribution >= 4 is 17.6 Å². The van der Waals surface area contributed by atoms with Crippen LogP contribution in [0.4, 0.5) is 10.1 Å². The molecule has 1 fully saturated rings. The maximum Gasteiger partial charge on any atom is 0.309 e. The van der Waals surface area contributed by atoms with Gasteiger partial charge in [0.1, 0.15) is 11.9 Å². The topological polar surface area (TPSA) is 49.9 Å². The van der Waals surface area contributed by atoms with E-state index in [1.165, 1.54) is 12.1 Å². The number of hydrogen-bond donors (Lipinski definition) is 0. The largest absolute Gasteiger partial charge is 0.466 e. The minimum absolute atomic E-state index is 0.0411. The Bertz CT molecular complexity index is 656. The zero-order valence-electron chi connectivity index (χ0n) is 14.8. The Hall–Kier alpha value is -2.11. The first-order valence-electron chi connectivity index (χ1n) is 9.01. The lowest BCUT2D eigenvalue weighted by Gasteiger charge is -2.35. The van der Waals surface area contributed by atoms with Gasteiger partial charge in [-0.25, -0.2) is 4.39 Å². The highest BCUT2D eigenvalue weighted by Gasteiger charge is 2.34. The van der Waals surface area contributed by atoms with Crippen molar-refractivity contribution in [2.75, 3.05) is 31.1 Å². The van der Waals surface area contributed by atoms with Gasteiger partial charge < -0.3 is 14.5 Å². The molecular formula is C19H25FN2O3. The molecule has 1 aromatic rings. The first kappa shape index (κ1) is 17.7. The second-order valence-corrected chi connectivity index (χ2v) is 6.74. The van der Waals surface area contributed by atoms with E-state index in [0.29, 0.717) is 32.5 Å². The Kier molecular flexibility index (Phi) is 5.25. The number of esters is 1. The normalized spacial score (nSPS) is 18.8. The predicted octanol–water partition coefficient (Wildman–Crippen LogP) is 2.38. The molecule has 6 heteroatoms. The second kappa shape index (κ2) is 7.42. The number of ether oxygens (including phenoxy) is 1. The van der Waals surface area contributed by atoms with Crippen molar-refractivity contribution in [3.63, 3.8) is 0 Å². The van der Waals surface area contributed by atoms with Crippen molar-refractivity contribution in [2.24, 2.45) is 5.92 Å². The molecule has 1 amide bonds. The summed E-state index contributed by atoms with van der Waals surface area (Å²) in [7, 11) is 0. The van der Waals surface area contributed by atoms with Crippen LogP contribution in [0.25, 0.3) is 0 Å². The monoisotopic (exact) mass is 348 g/mol. The van der Waals surface area contributed by atoms with Crippen LogP contribution >= 0.6 is 0 Å². The molecule has 136 valence electrons. The number of hydrogen-bond acceptors (Lipinski definition) is 4. The number of rotatable bonds is 4. The summed E-state index contributed by atoms with van der Waals surface area (Å²) in [5.41, 5.74) is 1.91. The van der Waals surface area contributed by atoms with Gasteiger partial charge in [0.2, 0.25) is 5.91 Å². The van der Waals surface area contributed by atoms with E-state index < -0.39 is 0 Å². The average molecular weight is 348 g/mol. The Morgan fingerprint density at radius 3 is 2.68 bits per heavy atom. The van der Waals surface area contributed by atoms with Gasteiger partial charge in [-0.05, 0) is 50.8 Å². The number of piperidine rings is 1. The van der Waals surface area contributed by atoms with E-state index in [1.807, 2.05) is 16.7 Å².